The molecule has 0 amide bonds. The van der Waals surface area contributed by atoms with Gasteiger partial charge in [-0.1, -0.05) is 20.8 Å². The maximum Gasteiger partial charge on any atom is 0.0107 e. The first-order valence-electron chi connectivity index (χ1n) is 7.44. The van der Waals surface area contributed by atoms with Crippen molar-refractivity contribution < 1.29 is 0 Å². The highest BCUT2D eigenvalue weighted by atomic mass is 15.1. The Morgan fingerprint density at radius 3 is 2.24 bits per heavy atom. The molecule has 1 saturated carbocycles. The molecule has 0 aromatic carbocycles. The molecule has 0 spiro atoms. The third kappa shape index (κ3) is 5.39. The fourth-order valence-corrected chi connectivity index (χ4v) is 2.62. The van der Waals surface area contributed by atoms with E-state index in [1.54, 1.807) is 0 Å². The number of likely N-dealkylation sites (N-methyl/N-ethyl adjacent to an activating group) is 1. The van der Waals surface area contributed by atoms with E-state index in [1.807, 2.05) is 0 Å². The summed E-state index contributed by atoms with van der Waals surface area (Å²) in [5, 5.41) is 3.73. The van der Waals surface area contributed by atoms with Crippen molar-refractivity contribution in [2.75, 3.05) is 20.1 Å². The molecule has 102 valence electrons. The van der Waals surface area contributed by atoms with E-state index in [0.717, 1.165) is 24.4 Å². The first kappa shape index (κ1) is 15.0. The Labute approximate surface area is 108 Å². The zero-order valence-electron chi connectivity index (χ0n) is 12.5. The van der Waals surface area contributed by atoms with Crippen LogP contribution in [0.1, 0.15) is 53.4 Å². The molecule has 17 heavy (non-hydrogen) atoms. The van der Waals surface area contributed by atoms with E-state index in [4.69, 9.17) is 0 Å². The van der Waals surface area contributed by atoms with Gasteiger partial charge in [0.2, 0.25) is 0 Å². The highest BCUT2D eigenvalue weighted by Gasteiger charge is 2.18. The van der Waals surface area contributed by atoms with E-state index in [0.29, 0.717) is 6.04 Å². The van der Waals surface area contributed by atoms with E-state index < -0.39 is 0 Å². The summed E-state index contributed by atoms with van der Waals surface area (Å²) in [6.07, 6.45) is 5.58. The Morgan fingerprint density at radius 1 is 1.12 bits per heavy atom. The maximum atomic E-state index is 3.73. The monoisotopic (exact) mass is 240 g/mol. The maximum absolute atomic E-state index is 3.73. The van der Waals surface area contributed by atoms with Crippen molar-refractivity contribution in [2.45, 2.75) is 65.5 Å². The predicted molar refractivity (Wildman–Crippen MR) is 76.4 cm³/mol. The van der Waals surface area contributed by atoms with Gasteiger partial charge < -0.3 is 10.2 Å². The van der Waals surface area contributed by atoms with Gasteiger partial charge in [-0.2, -0.15) is 0 Å². The number of rotatable bonds is 6. The van der Waals surface area contributed by atoms with Crippen LogP contribution in [0.4, 0.5) is 0 Å². The molecule has 1 fully saturated rings. The molecule has 1 rings (SSSR count). The Morgan fingerprint density at radius 2 is 1.71 bits per heavy atom. The van der Waals surface area contributed by atoms with Gasteiger partial charge in [0, 0.05) is 25.2 Å². The van der Waals surface area contributed by atoms with Crippen molar-refractivity contribution in [3.8, 4) is 0 Å². The van der Waals surface area contributed by atoms with Gasteiger partial charge in [0.25, 0.3) is 0 Å². The molecule has 0 aromatic heterocycles. The average molecular weight is 240 g/mol. The van der Waals surface area contributed by atoms with Crippen molar-refractivity contribution in [1.29, 1.82) is 0 Å². The van der Waals surface area contributed by atoms with Crippen LogP contribution < -0.4 is 5.32 Å². The van der Waals surface area contributed by atoms with Crippen molar-refractivity contribution in [3.63, 3.8) is 0 Å². The van der Waals surface area contributed by atoms with Gasteiger partial charge in [-0.05, 0) is 51.5 Å². The van der Waals surface area contributed by atoms with Crippen LogP contribution in [-0.2, 0) is 0 Å². The molecule has 1 aliphatic rings. The molecule has 0 saturated heterocycles. The third-order valence-corrected chi connectivity index (χ3v) is 4.57. The molecular formula is C15H32N2. The second-order valence-corrected chi connectivity index (χ2v) is 6.38. The van der Waals surface area contributed by atoms with Crippen LogP contribution in [0.5, 0.6) is 0 Å². The molecular weight excluding hydrogens is 208 g/mol. The smallest absolute Gasteiger partial charge is 0.0107 e. The third-order valence-electron chi connectivity index (χ3n) is 4.57. The van der Waals surface area contributed by atoms with Crippen molar-refractivity contribution >= 4 is 0 Å². The number of hydrogen-bond donors (Lipinski definition) is 1. The molecule has 0 bridgehead atoms. The van der Waals surface area contributed by atoms with Crippen molar-refractivity contribution in [1.82, 2.24) is 10.2 Å². The van der Waals surface area contributed by atoms with Crippen LogP contribution in [0.15, 0.2) is 0 Å². The van der Waals surface area contributed by atoms with Crippen molar-refractivity contribution in [2.24, 2.45) is 11.8 Å². The molecule has 2 heteroatoms. The molecule has 1 unspecified atom stereocenters. The minimum Gasteiger partial charge on any atom is -0.313 e. The highest BCUT2D eigenvalue weighted by Crippen LogP contribution is 2.23. The molecule has 1 aliphatic carbocycles. The van der Waals surface area contributed by atoms with Gasteiger partial charge in [-0.25, -0.2) is 0 Å². The number of hydrogen-bond acceptors (Lipinski definition) is 2. The largest absolute Gasteiger partial charge is 0.313 e. The lowest BCUT2D eigenvalue weighted by molar-refractivity contribution is 0.202. The average Bonchev–Trinajstić information content (AvgIpc) is 2.30. The Balaban J connectivity index is 2.11. The summed E-state index contributed by atoms with van der Waals surface area (Å²) in [7, 11) is 2.25. The van der Waals surface area contributed by atoms with E-state index in [-0.39, 0.29) is 0 Å². The van der Waals surface area contributed by atoms with Gasteiger partial charge in [0.15, 0.2) is 0 Å². The van der Waals surface area contributed by atoms with Crippen LogP contribution in [0.25, 0.3) is 0 Å². The zero-order valence-corrected chi connectivity index (χ0v) is 12.5. The van der Waals surface area contributed by atoms with Crippen LogP contribution in [0.2, 0.25) is 0 Å². The summed E-state index contributed by atoms with van der Waals surface area (Å²) in [6.45, 7) is 11.6. The van der Waals surface area contributed by atoms with Gasteiger partial charge in [-0.3, -0.25) is 0 Å². The standard InChI is InChI=1S/C15H32N2/c1-12(2)14(4)17(5)11-10-16-15-8-6-13(3)7-9-15/h12-16H,6-11H2,1-5H3. The Hall–Kier alpha value is -0.0800. The first-order chi connectivity index (χ1) is 8.00. The summed E-state index contributed by atoms with van der Waals surface area (Å²) >= 11 is 0. The van der Waals surface area contributed by atoms with E-state index in [1.165, 1.54) is 32.2 Å². The molecule has 0 heterocycles. The number of nitrogens with zero attached hydrogens (tertiary/aromatic N) is 1. The summed E-state index contributed by atoms with van der Waals surface area (Å²) in [6, 6.07) is 1.47. The van der Waals surface area contributed by atoms with Crippen LogP contribution >= 0.6 is 0 Å². The molecule has 0 aliphatic heterocycles. The fraction of sp³-hybridized carbons (Fsp3) is 1.00. The predicted octanol–water partition coefficient (Wildman–Crippen LogP) is 3.13. The Bertz CT molecular complexity index is 195. The quantitative estimate of drug-likeness (QED) is 0.767. The summed E-state index contributed by atoms with van der Waals surface area (Å²) in [4.78, 5) is 2.48. The first-order valence-corrected chi connectivity index (χ1v) is 7.44. The van der Waals surface area contributed by atoms with Gasteiger partial charge in [0.05, 0.1) is 0 Å². The van der Waals surface area contributed by atoms with Crippen LogP contribution in [-0.4, -0.2) is 37.1 Å². The van der Waals surface area contributed by atoms with Gasteiger partial charge >= 0.3 is 0 Å². The molecule has 1 atom stereocenters. The zero-order chi connectivity index (χ0) is 12.8. The number of nitrogens with one attached hydrogen (secondary N) is 1. The van der Waals surface area contributed by atoms with E-state index in [2.05, 4.69) is 45.0 Å². The minimum atomic E-state index is 0.683. The normalized spacial score (nSPS) is 27.7. The summed E-state index contributed by atoms with van der Waals surface area (Å²) in [5.74, 6) is 1.70. The fourth-order valence-electron chi connectivity index (χ4n) is 2.62. The lowest BCUT2D eigenvalue weighted by atomic mass is 9.87. The summed E-state index contributed by atoms with van der Waals surface area (Å²) in [5.41, 5.74) is 0. The Kier molecular flexibility index (Phi) is 6.50. The van der Waals surface area contributed by atoms with Crippen LogP contribution in [0.3, 0.4) is 0 Å². The second-order valence-electron chi connectivity index (χ2n) is 6.38. The van der Waals surface area contributed by atoms with E-state index in [9.17, 15) is 0 Å². The van der Waals surface area contributed by atoms with Crippen molar-refractivity contribution in [3.05, 3.63) is 0 Å². The van der Waals surface area contributed by atoms with Gasteiger partial charge in [0.1, 0.15) is 0 Å². The SMILES string of the molecule is CC1CCC(NCCN(C)C(C)C(C)C)CC1. The molecule has 1 N–H and O–H groups in total. The molecule has 2 nitrogen and oxygen atoms in total. The van der Waals surface area contributed by atoms with Gasteiger partial charge in [-0.15, -0.1) is 0 Å². The van der Waals surface area contributed by atoms with Crippen LogP contribution in [0, 0.1) is 11.8 Å². The lowest BCUT2D eigenvalue weighted by Crippen LogP contribution is -2.41. The minimum absolute atomic E-state index is 0.683. The highest BCUT2D eigenvalue weighted by molar-refractivity contribution is 4.76. The molecule has 0 radical (unpaired) electrons. The summed E-state index contributed by atoms with van der Waals surface area (Å²) < 4.78 is 0. The second kappa shape index (κ2) is 7.38. The lowest BCUT2D eigenvalue weighted by Gasteiger charge is -2.30. The topological polar surface area (TPSA) is 15.3 Å². The molecule has 0 aromatic rings. The van der Waals surface area contributed by atoms with E-state index >= 15 is 0 Å².